The fourth-order valence-electron chi connectivity index (χ4n) is 1.77. The zero-order valence-corrected chi connectivity index (χ0v) is 13.9. The van der Waals surface area contributed by atoms with E-state index in [1.807, 2.05) is 37.4 Å². The number of aromatic nitrogens is 1. The molecule has 0 amide bonds. The summed E-state index contributed by atoms with van der Waals surface area (Å²) < 4.78 is 11.3. The summed E-state index contributed by atoms with van der Waals surface area (Å²) in [4.78, 5) is 4.29. The Hall–Kier alpha value is -2.08. The van der Waals surface area contributed by atoms with E-state index in [1.54, 1.807) is 6.21 Å². The second-order valence-corrected chi connectivity index (χ2v) is 5.51. The van der Waals surface area contributed by atoms with E-state index in [0.29, 0.717) is 13.2 Å². The third-order valence-corrected chi connectivity index (χ3v) is 3.59. The number of ether oxygens (including phenoxy) is 2. The van der Waals surface area contributed by atoms with Crippen LogP contribution in [0, 0.1) is 6.92 Å². The summed E-state index contributed by atoms with van der Waals surface area (Å²) in [6.45, 7) is 7.26. The average Bonchev–Trinajstić information content (AvgIpc) is 2.92. The van der Waals surface area contributed by atoms with E-state index in [0.717, 1.165) is 34.3 Å². The molecular weight excluding hydrogens is 298 g/mol. The van der Waals surface area contributed by atoms with Gasteiger partial charge >= 0.3 is 0 Å². The quantitative estimate of drug-likeness (QED) is 0.588. The number of anilines is 1. The Balaban J connectivity index is 2.05. The molecule has 0 unspecified atom stereocenters. The van der Waals surface area contributed by atoms with E-state index < -0.39 is 0 Å². The van der Waals surface area contributed by atoms with Crippen molar-refractivity contribution in [3.8, 4) is 11.5 Å². The molecule has 1 aromatic heterocycles. The summed E-state index contributed by atoms with van der Waals surface area (Å²) in [6.07, 6.45) is 2.70. The van der Waals surface area contributed by atoms with Gasteiger partial charge in [-0.15, -0.1) is 11.3 Å². The summed E-state index contributed by atoms with van der Waals surface area (Å²) in [7, 11) is 0. The van der Waals surface area contributed by atoms with Crippen LogP contribution in [0.15, 0.2) is 28.7 Å². The highest BCUT2D eigenvalue weighted by Gasteiger charge is 2.05. The second kappa shape index (κ2) is 8.38. The van der Waals surface area contributed by atoms with Crippen molar-refractivity contribution >= 4 is 22.7 Å². The van der Waals surface area contributed by atoms with Gasteiger partial charge in [-0.25, -0.2) is 4.98 Å². The zero-order chi connectivity index (χ0) is 15.8. The lowest BCUT2D eigenvalue weighted by Gasteiger charge is -2.11. The Morgan fingerprint density at radius 3 is 2.82 bits per heavy atom. The monoisotopic (exact) mass is 319 g/mol. The van der Waals surface area contributed by atoms with E-state index in [9.17, 15) is 0 Å². The first-order chi connectivity index (χ1) is 10.7. The van der Waals surface area contributed by atoms with Gasteiger partial charge in [-0.3, -0.25) is 5.43 Å². The van der Waals surface area contributed by atoms with E-state index in [-0.39, 0.29) is 0 Å². The standard InChI is InChI=1S/C16H21N3O2S/c1-4-8-21-14-7-6-13(9-15(14)20-5-2)10-17-19-16-18-12(3)11-22-16/h6-7,9-11H,4-5,8H2,1-3H3,(H,18,19)/b17-10+. The molecule has 0 fully saturated rings. The summed E-state index contributed by atoms with van der Waals surface area (Å²) in [5, 5.41) is 6.95. The molecule has 0 aliphatic rings. The number of rotatable bonds is 8. The van der Waals surface area contributed by atoms with Crippen LogP contribution < -0.4 is 14.9 Å². The van der Waals surface area contributed by atoms with Crippen LogP contribution in [0.2, 0.25) is 0 Å². The maximum atomic E-state index is 5.68. The van der Waals surface area contributed by atoms with Gasteiger partial charge in [-0.2, -0.15) is 5.10 Å². The smallest absolute Gasteiger partial charge is 0.203 e. The van der Waals surface area contributed by atoms with Crippen molar-refractivity contribution in [3.05, 3.63) is 34.8 Å². The summed E-state index contributed by atoms with van der Waals surface area (Å²) in [5.74, 6) is 1.51. The molecule has 2 rings (SSSR count). The molecule has 1 aromatic carbocycles. The van der Waals surface area contributed by atoms with Gasteiger partial charge in [0, 0.05) is 5.38 Å². The van der Waals surface area contributed by atoms with Crippen molar-refractivity contribution in [2.24, 2.45) is 5.10 Å². The maximum Gasteiger partial charge on any atom is 0.203 e. The van der Waals surface area contributed by atoms with Gasteiger partial charge in [-0.05, 0) is 44.0 Å². The van der Waals surface area contributed by atoms with Crippen molar-refractivity contribution in [2.75, 3.05) is 18.6 Å². The van der Waals surface area contributed by atoms with Crippen molar-refractivity contribution in [3.63, 3.8) is 0 Å². The van der Waals surface area contributed by atoms with Crippen molar-refractivity contribution in [1.29, 1.82) is 0 Å². The lowest BCUT2D eigenvalue weighted by atomic mass is 10.2. The predicted octanol–water partition coefficient (Wildman–Crippen LogP) is 4.09. The Morgan fingerprint density at radius 1 is 1.27 bits per heavy atom. The van der Waals surface area contributed by atoms with Gasteiger partial charge in [0.25, 0.3) is 0 Å². The first kappa shape index (κ1) is 16.3. The molecule has 118 valence electrons. The van der Waals surface area contributed by atoms with Gasteiger partial charge in [0.05, 0.1) is 25.1 Å². The molecule has 0 saturated heterocycles. The molecule has 2 aromatic rings. The summed E-state index contributed by atoms with van der Waals surface area (Å²) >= 11 is 1.53. The van der Waals surface area contributed by atoms with Crippen LogP contribution >= 0.6 is 11.3 Å². The fraction of sp³-hybridized carbons (Fsp3) is 0.375. The number of benzene rings is 1. The highest BCUT2D eigenvalue weighted by Crippen LogP contribution is 2.28. The molecule has 0 aliphatic carbocycles. The minimum absolute atomic E-state index is 0.597. The third kappa shape index (κ3) is 4.73. The lowest BCUT2D eigenvalue weighted by Crippen LogP contribution is -2.00. The van der Waals surface area contributed by atoms with Crippen LogP contribution in [0.1, 0.15) is 31.5 Å². The second-order valence-electron chi connectivity index (χ2n) is 4.65. The molecule has 0 atom stereocenters. The minimum atomic E-state index is 0.597. The number of hydrogen-bond acceptors (Lipinski definition) is 6. The van der Waals surface area contributed by atoms with Crippen LogP contribution in [-0.2, 0) is 0 Å². The Labute approximate surface area is 135 Å². The number of nitrogens with one attached hydrogen (secondary N) is 1. The Bertz CT molecular complexity index is 626. The Kier molecular flexibility index (Phi) is 6.21. The zero-order valence-electron chi connectivity index (χ0n) is 13.1. The normalized spacial score (nSPS) is 10.9. The molecule has 0 aliphatic heterocycles. The first-order valence-corrected chi connectivity index (χ1v) is 8.21. The van der Waals surface area contributed by atoms with Crippen LogP contribution in [0.4, 0.5) is 5.13 Å². The Morgan fingerprint density at radius 2 is 2.14 bits per heavy atom. The summed E-state index contributed by atoms with van der Waals surface area (Å²) in [6, 6.07) is 5.79. The van der Waals surface area contributed by atoms with Crippen molar-refractivity contribution in [2.45, 2.75) is 27.2 Å². The SMILES string of the molecule is CCCOc1ccc(/C=N/Nc2nc(C)cs2)cc1OCC. The van der Waals surface area contributed by atoms with E-state index in [1.165, 1.54) is 11.3 Å². The van der Waals surface area contributed by atoms with Crippen LogP contribution in [0.5, 0.6) is 11.5 Å². The predicted molar refractivity (Wildman–Crippen MR) is 91.5 cm³/mol. The average molecular weight is 319 g/mol. The molecule has 1 N–H and O–H groups in total. The number of aryl methyl sites for hydroxylation is 1. The molecule has 0 radical (unpaired) electrons. The maximum absolute atomic E-state index is 5.68. The number of nitrogens with zero attached hydrogens (tertiary/aromatic N) is 2. The van der Waals surface area contributed by atoms with Gasteiger partial charge in [0.2, 0.25) is 5.13 Å². The highest BCUT2D eigenvalue weighted by atomic mass is 32.1. The van der Waals surface area contributed by atoms with Gasteiger partial charge < -0.3 is 9.47 Å². The molecule has 5 nitrogen and oxygen atoms in total. The molecule has 0 bridgehead atoms. The van der Waals surface area contributed by atoms with Crippen molar-refractivity contribution < 1.29 is 9.47 Å². The van der Waals surface area contributed by atoms with E-state index >= 15 is 0 Å². The van der Waals surface area contributed by atoms with Crippen LogP contribution in [-0.4, -0.2) is 24.4 Å². The van der Waals surface area contributed by atoms with Gasteiger partial charge in [0.15, 0.2) is 11.5 Å². The number of thiazole rings is 1. The highest BCUT2D eigenvalue weighted by molar-refractivity contribution is 7.13. The van der Waals surface area contributed by atoms with Gasteiger partial charge in [-0.1, -0.05) is 6.92 Å². The molecule has 0 spiro atoms. The molecule has 22 heavy (non-hydrogen) atoms. The van der Waals surface area contributed by atoms with E-state index in [2.05, 4.69) is 22.4 Å². The van der Waals surface area contributed by atoms with Crippen molar-refractivity contribution in [1.82, 2.24) is 4.98 Å². The fourth-order valence-corrected chi connectivity index (χ4v) is 2.41. The molecular formula is C16H21N3O2S. The third-order valence-electron chi connectivity index (χ3n) is 2.72. The molecule has 6 heteroatoms. The topological polar surface area (TPSA) is 55.7 Å². The van der Waals surface area contributed by atoms with Crippen LogP contribution in [0.3, 0.4) is 0 Å². The number of hydrazone groups is 1. The minimum Gasteiger partial charge on any atom is -0.490 e. The first-order valence-electron chi connectivity index (χ1n) is 7.33. The number of hydrogen-bond donors (Lipinski definition) is 1. The largest absolute Gasteiger partial charge is 0.490 e. The van der Waals surface area contributed by atoms with Gasteiger partial charge in [0.1, 0.15) is 0 Å². The molecule has 1 heterocycles. The van der Waals surface area contributed by atoms with Crippen LogP contribution in [0.25, 0.3) is 0 Å². The lowest BCUT2D eigenvalue weighted by molar-refractivity contribution is 0.277. The molecule has 0 saturated carbocycles. The summed E-state index contributed by atoms with van der Waals surface area (Å²) in [5.41, 5.74) is 4.84. The van der Waals surface area contributed by atoms with E-state index in [4.69, 9.17) is 9.47 Å².